The van der Waals surface area contributed by atoms with Crippen LogP contribution in [0.4, 0.5) is 0 Å². The summed E-state index contributed by atoms with van der Waals surface area (Å²) in [5.41, 5.74) is 10.8. The highest BCUT2D eigenvalue weighted by Crippen LogP contribution is 2.26. The molecule has 5 heteroatoms. The number of hydrogen-bond acceptors (Lipinski definition) is 4. The van der Waals surface area contributed by atoms with Gasteiger partial charge >= 0.3 is 5.97 Å². The van der Waals surface area contributed by atoms with E-state index in [-0.39, 0.29) is 18.1 Å². The van der Waals surface area contributed by atoms with E-state index in [9.17, 15) is 4.79 Å². The topological polar surface area (TPSA) is 102 Å². The minimum Gasteiger partial charge on any atom is -0.461 e. The van der Waals surface area contributed by atoms with Gasteiger partial charge in [-0.05, 0) is 12.3 Å². The van der Waals surface area contributed by atoms with Gasteiger partial charge in [0.1, 0.15) is 11.5 Å². The van der Waals surface area contributed by atoms with E-state index in [1.54, 1.807) is 6.92 Å². The minimum absolute atomic E-state index is 0.0862. The molecule has 0 bridgehead atoms. The SMILES string of the molecule is CCOC(=O)/C(N)=C(/C(=N)N)C(C)(C)C. The van der Waals surface area contributed by atoms with Crippen molar-refractivity contribution in [2.75, 3.05) is 6.61 Å². The van der Waals surface area contributed by atoms with E-state index in [1.807, 2.05) is 20.8 Å². The Morgan fingerprint density at radius 1 is 1.33 bits per heavy atom. The van der Waals surface area contributed by atoms with Crippen LogP contribution < -0.4 is 11.5 Å². The van der Waals surface area contributed by atoms with Gasteiger partial charge in [-0.2, -0.15) is 0 Å². The van der Waals surface area contributed by atoms with Gasteiger partial charge in [-0.3, -0.25) is 5.41 Å². The van der Waals surface area contributed by atoms with E-state index in [0.717, 1.165) is 0 Å². The predicted octanol–water partition coefficient (Wildman–Crippen LogP) is 0.744. The van der Waals surface area contributed by atoms with Crippen molar-refractivity contribution in [3.8, 4) is 0 Å². The number of nitrogens with one attached hydrogen (secondary N) is 1. The van der Waals surface area contributed by atoms with Crippen molar-refractivity contribution >= 4 is 11.8 Å². The molecule has 0 fully saturated rings. The Kier molecular flexibility index (Phi) is 4.33. The molecule has 0 radical (unpaired) electrons. The Hall–Kier alpha value is -1.52. The van der Waals surface area contributed by atoms with Crippen molar-refractivity contribution in [1.82, 2.24) is 0 Å². The molecule has 0 spiro atoms. The Balaban J connectivity index is 5.29. The summed E-state index contributed by atoms with van der Waals surface area (Å²) >= 11 is 0. The van der Waals surface area contributed by atoms with Crippen LogP contribution in [-0.2, 0) is 9.53 Å². The summed E-state index contributed by atoms with van der Waals surface area (Å²) in [6.07, 6.45) is 0. The van der Waals surface area contributed by atoms with Crippen molar-refractivity contribution in [3.05, 3.63) is 11.3 Å². The fraction of sp³-hybridized carbons (Fsp3) is 0.600. The Labute approximate surface area is 90.0 Å². The third-order valence-corrected chi connectivity index (χ3v) is 1.78. The zero-order chi connectivity index (χ0) is 12.2. The Bertz CT molecular complexity index is 300. The number of esters is 1. The van der Waals surface area contributed by atoms with Crippen LogP contribution in [-0.4, -0.2) is 18.4 Å². The van der Waals surface area contributed by atoms with E-state index >= 15 is 0 Å². The summed E-state index contributed by atoms with van der Waals surface area (Å²) in [6, 6.07) is 0. The maximum absolute atomic E-state index is 11.4. The van der Waals surface area contributed by atoms with Crippen molar-refractivity contribution in [2.24, 2.45) is 16.9 Å². The van der Waals surface area contributed by atoms with Crippen LogP contribution in [0.25, 0.3) is 0 Å². The second-order valence-electron chi connectivity index (χ2n) is 4.17. The first-order valence-corrected chi connectivity index (χ1v) is 4.73. The normalized spacial score (nSPS) is 13.1. The van der Waals surface area contributed by atoms with Crippen LogP contribution in [0.2, 0.25) is 0 Å². The molecule has 0 atom stereocenters. The van der Waals surface area contributed by atoms with Crippen LogP contribution in [0.1, 0.15) is 27.7 Å². The lowest BCUT2D eigenvalue weighted by Crippen LogP contribution is -2.31. The molecular formula is C10H19N3O2. The molecule has 0 amide bonds. The van der Waals surface area contributed by atoms with Crippen molar-refractivity contribution in [2.45, 2.75) is 27.7 Å². The first-order valence-electron chi connectivity index (χ1n) is 4.73. The molecule has 86 valence electrons. The summed E-state index contributed by atoms with van der Waals surface area (Å²) < 4.78 is 4.76. The minimum atomic E-state index is -0.627. The molecule has 0 rings (SSSR count). The van der Waals surface area contributed by atoms with E-state index in [0.29, 0.717) is 5.57 Å². The van der Waals surface area contributed by atoms with Gasteiger partial charge in [0, 0.05) is 5.57 Å². The monoisotopic (exact) mass is 213 g/mol. The molecule has 5 N–H and O–H groups in total. The molecule has 0 aromatic rings. The average molecular weight is 213 g/mol. The number of ether oxygens (including phenoxy) is 1. The molecule has 0 saturated carbocycles. The highest BCUT2D eigenvalue weighted by Gasteiger charge is 2.26. The van der Waals surface area contributed by atoms with Crippen LogP contribution in [0.15, 0.2) is 11.3 Å². The molecule has 0 aliphatic rings. The molecule has 5 nitrogen and oxygen atoms in total. The molecule has 0 unspecified atom stereocenters. The average Bonchev–Trinajstić information content (AvgIpc) is 2.00. The van der Waals surface area contributed by atoms with Gasteiger partial charge in [-0.15, -0.1) is 0 Å². The second kappa shape index (κ2) is 4.82. The maximum Gasteiger partial charge on any atom is 0.354 e. The van der Waals surface area contributed by atoms with Crippen molar-refractivity contribution in [1.29, 1.82) is 5.41 Å². The molecule has 0 aromatic heterocycles. The lowest BCUT2D eigenvalue weighted by Gasteiger charge is -2.23. The number of hydrogen-bond donors (Lipinski definition) is 3. The van der Waals surface area contributed by atoms with Gasteiger partial charge < -0.3 is 16.2 Å². The second-order valence-corrected chi connectivity index (χ2v) is 4.17. The third-order valence-electron chi connectivity index (χ3n) is 1.78. The third kappa shape index (κ3) is 3.61. The fourth-order valence-electron chi connectivity index (χ4n) is 1.26. The van der Waals surface area contributed by atoms with Gasteiger partial charge in [0.25, 0.3) is 0 Å². The number of rotatable bonds is 3. The van der Waals surface area contributed by atoms with Crippen LogP contribution >= 0.6 is 0 Å². The molecule has 0 aliphatic heterocycles. The van der Waals surface area contributed by atoms with Crippen LogP contribution in [0, 0.1) is 10.8 Å². The molecule has 0 heterocycles. The van der Waals surface area contributed by atoms with Crippen LogP contribution in [0.3, 0.4) is 0 Å². The van der Waals surface area contributed by atoms with Gasteiger partial charge in [-0.1, -0.05) is 20.8 Å². The Morgan fingerprint density at radius 3 is 2.07 bits per heavy atom. The smallest absolute Gasteiger partial charge is 0.354 e. The number of carbonyl (C=O) groups excluding carboxylic acids is 1. The summed E-state index contributed by atoms with van der Waals surface area (Å²) in [4.78, 5) is 11.4. The zero-order valence-corrected chi connectivity index (χ0v) is 9.68. The quantitative estimate of drug-likeness (QED) is 0.278. The number of carbonyl (C=O) groups is 1. The number of amidine groups is 1. The van der Waals surface area contributed by atoms with E-state index in [1.165, 1.54) is 0 Å². The largest absolute Gasteiger partial charge is 0.461 e. The summed E-state index contributed by atoms with van der Waals surface area (Å²) in [5, 5.41) is 7.40. The lowest BCUT2D eigenvalue weighted by molar-refractivity contribution is -0.138. The van der Waals surface area contributed by atoms with E-state index in [2.05, 4.69) is 0 Å². The zero-order valence-electron chi connectivity index (χ0n) is 9.68. The summed E-state index contributed by atoms with van der Waals surface area (Å²) in [6.45, 7) is 7.42. The van der Waals surface area contributed by atoms with Crippen molar-refractivity contribution in [3.63, 3.8) is 0 Å². The van der Waals surface area contributed by atoms with E-state index < -0.39 is 11.4 Å². The Morgan fingerprint density at radius 2 is 1.80 bits per heavy atom. The van der Waals surface area contributed by atoms with Gasteiger partial charge in [0.05, 0.1) is 6.61 Å². The predicted molar refractivity (Wildman–Crippen MR) is 59.2 cm³/mol. The number of nitrogens with two attached hydrogens (primary N) is 2. The standard InChI is InChI=1S/C10H19N3O2/c1-5-15-9(14)7(11)6(8(12)13)10(2,3)4/h5,11H2,1-4H3,(H3,12,13)/b7-6+. The molecule has 15 heavy (non-hydrogen) atoms. The van der Waals surface area contributed by atoms with Gasteiger partial charge in [0.15, 0.2) is 0 Å². The summed E-state index contributed by atoms with van der Waals surface area (Å²) in [7, 11) is 0. The van der Waals surface area contributed by atoms with Crippen LogP contribution in [0.5, 0.6) is 0 Å². The van der Waals surface area contributed by atoms with Gasteiger partial charge in [-0.25, -0.2) is 4.79 Å². The fourth-order valence-corrected chi connectivity index (χ4v) is 1.26. The molecular weight excluding hydrogens is 194 g/mol. The first-order chi connectivity index (χ1) is 6.71. The van der Waals surface area contributed by atoms with E-state index in [4.69, 9.17) is 21.6 Å². The molecule has 0 aromatic carbocycles. The maximum atomic E-state index is 11.4. The summed E-state index contributed by atoms with van der Waals surface area (Å²) in [5.74, 6) is -0.828. The first kappa shape index (κ1) is 13.5. The highest BCUT2D eigenvalue weighted by atomic mass is 16.5. The highest BCUT2D eigenvalue weighted by molar-refractivity contribution is 6.03. The molecule has 0 aliphatic carbocycles. The van der Waals surface area contributed by atoms with Crippen molar-refractivity contribution < 1.29 is 9.53 Å². The molecule has 0 saturated heterocycles. The van der Waals surface area contributed by atoms with Gasteiger partial charge in [0.2, 0.25) is 0 Å². The lowest BCUT2D eigenvalue weighted by atomic mass is 9.84.